The Kier molecular flexibility index (Phi) is 6.88. The molecule has 0 unspecified atom stereocenters. The molecule has 1 aromatic carbocycles. The second-order valence-corrected chi connectivity index (χ2v) is 5.54. The maximum Gasteiger partial charge on any atom is 0.407 e. The number of likely N-dealkylation sites (N-methyl/N-ethyl adjacent to an activating group) is 1. The Hall–Kier alpha value is -2.96. The highest BCUT2D eigenvalue weighted by atomic mass is 16.6. The first-order valence-corrected chi connectivity index (χ1v) is 8.07. The quantitative estimate of drug-likeness (QED) is 0.749. The first kappa shape index (κ1) is 18.4. The van der Waals surface area contributed by atoms with Gasteiger partial charge in [0.05, 0.1) is 5.69 Å². The monoisotopic (exact) mass is 342 g/mol. The number of alkyl carbamates (subject to hydrolysis) is 1. The predicted molar refractivity (Wildman–Crippen MR) is 93.9 cm³/mol. The van der Waals surface area contributed by atoms with Crippen LogP contribution >= 0.6 is 0 Å². The molecule has 2 amide bonds. The second-order valence-electron chi connectivity index (χ2n) is 5.54. The Morgan fingerprint density at radius 1 is 1.16 bits per heavy atom. The maximum absolute atomic E-state index is 11.4. The van der Waals surface area contributed by atoms with Crippen molar-refractivity contribution in [2.75, 3.05) is 20.2 Å². The standard InChI is InChI=1S/C18H22N4O3/c1-13-5-7-14(8-6-13)16-10-15(21-12-22-16)4-3-9-20-18(24)25-11-17(23)19-2/h5-8,10,12H,3-4,9,11H2,1-2H3,(H,19,23)(H,20,24). The van der Waals surface area contributed by atoms with E-state index >= 15 is 0 Å². The maximum atomic E-state index is 11.4. The normalized spacial score (nSPS) is 10.2. The van der Waals surface area contributed by atoms with Crippen molar-refractivity contribution >= 4 is 12.0 Å². The van der Waals surface area contributed by atoms with Crippen molar-refractivity contribution < 1.29 is 14.3 Å². The SMILES string of the molecule is CNC(=O)COC(=O)NCCCc1cc(-c2ccc(C)cc2)ncn1. The molecule has 0 aliphatic rings. The molecule has 2 N–H and O–H groups in total. The fourth-order valence-electron chi connectivity index (χ4n) is 2.13. The highest BCUT2D eigenvalue weighted by Gasteiger charge is 2.06. The molecule has 2 rings (SSSR count). The minimum Gasteiger partial charge on any atom is -0.439 e. The van der Waals surface area contributed by atoms with Crippen LogP contribution in [0.15, 0.2) is 36.7 Å². The minimum absolute atomic E-state index is 0.284. The Balaban J connectivity index is 1.78. The smallest absolute Gasteiger partial charge is 0.407 e. The summed E-state index contributed by atoms with van der Waals surface area (Å²) in [7, 11) is 1.48. The lowest BCUT2D eigenvalue weighted by atomic mass is 10.1. The summed E-state index contributed by atoms with van der Waals surface area (Å²) in [6, 6.07) is 10.1. The number of rotatable bonds is 7. The fourth-order valence-corrected chi connectivity index (χ4v) is 2.13. The third-order valence-corrected chi connectivity index (χ3v) is 3.56. The van der Waals surface area contributed by atoms with Gasteiger partial charge in [-0.1, -0.05) is 29.8 Å². The molecule has 25 heavy (non-hydrogen) atoms. The van der Waals surface area contributed by atoms with Crippen LogP contribution in [0.1, 0.15) is 17.7 Å². The fraction of sp³-hybridized carbons (Fsp3) is 0.333. The number of hydrogen-bond acceptors (Lipinski definition) is 5. The summed E-state index contributed by atoms with van der Waals surface area (Å²) in [5.41, 5.74) is 4.03. The molecule has 0 atom stereocenters. The molecule has 1 heterocycles. The summed E-state index contributed by atoms with van der Waals surface area (Å²) in [5.74, 6) is -0.347. The molecule has 7 nitrogen and oxygen atoms in total. The van der Waals surface area contributed by atoms with Crippen LogP contribution in [0.2, 0.25) is 0 Å². The summed E-state index contributed by atoms with van der Waals surface area (Å²) in [6.45, 7) is 2.20. The van der Waals surface area contributed by atoms with Crippen molar-refractivity contribution in [3.63, 3.8) is 0 Å². The van der Waals surface area contributed by atoms with Gasteiger partial charge < -0.3 is 15.4 Å². The van der Waals surface area contributed by atoms with Crippen LogP contribution in [0, 0.1) is 6.92 Å². The van der Waals surface area contributed by atoms with Gasteiger partial charge in [0.15, 0.2) is 6.61 Å². The van der Waals surface area contributed by atoms with Crippen LogP contribution in [0.4, 0.5) is 4.79 Å². The van der Waals surface area contributed by atoms with E-state index in [2.05, 4.69) is 20.6 Å². The zero-order valence-electron chi connectivity index (χ0n) is 14.4. The van der Waals surface area contributed by atoms with Crippen LogP contribution < -0.4 is 10.6 Å². The van der Waals surface area contributed by atoms with Crippen LogP contribution in [0.25, 0.3) is 11.3 Å². The molecule has 0 spiro atoms. The summed E-state index contributed by atoms with van der Waals surface area (Å²) >= 11 is 0. The van der Waals surface area contributed by atoms with E-state index in [0.717, 1.165) is 17.0 Å². The number of carbonyl (C=O) groups is 2. The number of hydrogen-bond donors (Lipinski definition) is 2. The van der Waals surface area contributed by atoms with Gasteiger partial charge in [0.1, 0.15) is 6.33 Å². The van der Waals surface area contributed by atoms with E-state index in [-0.39, 0.29) is 12.5 Å². The Bertz CT molecular complexity index is 717. The average Bonchev–Trinajstić information content (AvgIpc) is 2.64. The number of aryl methyl sites for hydroxylation is 2. The number of benzene rings is 1. The van der Waals surface area contributed by atoms with Gasteiger partial charge in [0.25, 0.3) is 5.91 Å². The number of nitrogens with zero attached hydrogens (tertiary/aromatic N) is 2. The van der Waals surface area contributed by atoms with Gasteiger partial charge in [-0.05, 0) is 25.8 Å². The third kappa shape index (κ3) is 6.21. The molecule has 7 heteroatoms. The molecular weight excluding hydrogens is 320 g/mol. The number of amides is 2. The molecule has 2 aromatic rings. The zero-order valence-corrected chi connectivity index (χ0v) is 14.4. The molecule has 1 aromatic heterocycles. The van der Waals surface area contributed by atoms with E-state index in [9.17, 15) is 9.59 Å². The van der Waals surface area contributed by atoms with Crippen LogP contribution in [-0.4, -0.2) is 42.2 Å². The second kappa shape index (κ2) is 9.36. The van der Waals surface area contributed by atoms with Gasteiger partial charge in [-0.15, -0.1) is 0 Å². The Morgan fingerprint density at radius 2 is 1.92 bits per heavy atom. The van der Waals surface area contributed by atoms with E-state index < -0.39 is 6.09 Å². The molecule has 0 aliphatic heterocycles. The lowest BCUT2D eigenvalue weighted by molar-refractivity contribution is -0.123. The predicted octanol–water partition coefficient (Wildman–Crippen LogP) is 1.86. The summed E-state index contributed by atoms with van der Waals surface area (Å²) in [6.07, 6.45) is 2.36. The van der Waals surface area contributed by atoms with E-state index in [1.165, 1.54) is 12.6 Å². The molecule has 0 saturated heterocycles. The number of aromatic nitrogens is 2. The van der Waals surface area contributed by atoms with Crippen molar-refractivity contribution in [1.82, 2.24) is 20.6 Å². The van der Waals surface area contributed by atoms with Gasteiger partial charge in [-0.25, -0.2) is 14.8 Å². The first-order chi connectivity index (χ1) is 12.1. The summed E-state index contributed by atoms with van der Waals surface area (Å²) < 4.78 is 4.75. The van der Waals surface area contributed by atoms with Gasteiger partial charge in [0.2, 0.25) is 0 Å². The van der Waals surface area contributed by atoms with Gasteiger partial charge in [-0.3, -0.25) is 4.79 Å². The van der Waals surface area contributed by atoms with E-state index in [0.29, 0.717) is 19.4 Å². The number of nitrogens with one attached hydrogen (secondary N) is 2. The van der Waals surface area contributed by atoms with Crippen LogP contribution in [-0.2, 0) is 16.0 Å². The number of carbonyl (C=O) groups excluding carboxylic acids is 2. The van der Waals surface area contributed by atoms with Gasteiger partial charge >= 0.3 is 6.09 Å². The average molecular weight is 342 g/mol. The van der Waals surface area contributed by atoms with Crippen LogP contribution in [0.3, 0.4) is 0 Å². The topological polar surface area (TPSA) is 93.2 Å². The van der Waals surface area contributed by atoms with Gasteiger partial charge in [0, 0.05) is 24.8 Å². The molecule has 0 fully saturated rings. The number of ether oxygens (including phenoxy) is 1. The summed E-state index contributed by atoms with van der Waals surface area (Å²) in [5, 5.41) is 4.97. The molecule has 0 aliphatic carbocycles. The molecular formula is C18H22N4O3. The van der Waals surface area contributed by atoms with Crippen molar-refractivity contribution in [2.45, 2.75) is 19.8 Å². The molecule has 132 valence electrons. The van der Waals surface area contributed by atoms with Crippen molar-refractivity contribution in [3.05, 3.63) is 47.9 Å². The van der Waals surface area contributed by atoms with Crippen molar-refractivity contribution in [1.29, 1.82) is 0 Å². The highest BCUT2D eigenvalue weighted by molar-refractivity contribution is 5.79. The van der Waals surface area contributed by atoms with Gasteiger partial charge in [-0.2, -0.15) is 0 Å². The molecule has 0 saturated carbocycles. The zero-order chi connectivity index (χ0) is 18.1. The van der Waals surface area contributed by atoms with E-state index in [1.807, 2.05) is 37.3 Å². The third-order valence-electron chi connectivity index (χ3n) is 3.56. The lowest BCUT2D eigenvalue weighted by Gasteiger charge is -2.07. The van der Waals surface area contributed by atoms with E-state index in [1.54, 1.807) is 6.33 Å². The van der Waals surface area contributed by atoms with E-state index in [4.69, 9.17) is 4.74 Å². The van der Waals surface area contributed by atoms with Crippen molar-refractivity contribution in [2.24, 2.45) is 0 Å². The summed E-state index contributed by atoms with van der Waals surface area (Å²) in [4.78, 5) is 30.9. The lowest BCUT2D eigenvalue weighted by Crippen LogP contribution is -2.31. The highest BCUT2D eigenvalue weighted by Crippen LogP contribution is 2.17. The minimum atomic E-state index is -0.605. The molecule has 0 bridgehead atoms. The Morgan fingerprint density at radius 3 is 2.64 bits per heavy atom. The largest absolute Gasteiger partial charge is 0.439 e. The van der Waals surface area contributed by atoms with Crippen LogP contribution in [0.5, 0.6) is 0 Å². The Labute approximate surface area is 146 Å². The molecule has 0 radical (unpaired) electrons. The first-order valence-electron chi connectivity index (χ1n) is 8.07. The van der Waals surface area contributed by atoms with Crippen molar-refractivity contribution in [3.8, 4) is 11.3 Å².